The van der Waals surface area contributed by atoms with Crippen LogP contribution in [0.2, 0.25) is 0 Å². The highest BCUT2D eigenvalue weighted by molar-refractivity contribution is 8.13. The molecule has 0 aromatic carbocycles. The van der Waals surface area contributed by atoms with E-state index in [9.17, 15) is 13.2 Å². The quantitative estimate of drug-likeness (QED) is 0.844. The molecule has 1 N–H and O–H groups in total. The molecule has 0 saturated heterocycles. The summed E-state index contributed by atoms with van der Waals surface area (Å²) < 4.78 is 24.7. The molecule has 21 heavy (non-hydrogen) atoms. The van der Waals surface area contributed by atoms with Crippen LogP contribution in [0.25, 0.3) is 0 Å². The predicted octanol–water partition coefficient (Wildman–Crippen LogP) is 2.81. The fourth-order valence-corrected chi connectivity index (χ4v) is 3.64. The molecular formula is C14H19ClN2O3S. The molecule has 1 aromatic rings. The van der Waals surface area contributed by atoms with Crippen LogP contribution in [0.5, 0.6) is 0 Å². The molecule has 116 valence electrons. The summed E-state index contributed by atoms with van der Waals surface area (Å²) in [6.07, 6.45) is 7.41. The van der Waals surface area contributed by atoms with Gasteiger partial charge in [-0.3, -0.25) is 4.79 Å². The largest absolute Gasteiger partial charge is 0.345 e. The van der Waals surface area contributed by atoms with Gasteiger partial charge in [0.25, 0.3) is 15.0 Å². The Balaban J connectivity index is 1.90. The summed E-state index contributed by atoms with van der Waals surface area (Å²) in [4.78, 5) is 12.5. The Bertz CT molecular complexity index is 667. The average molecular weight is 331 g/mol. The summed E-state index contributed by atoms with van der Waals surface area (Å²) in [5, 5.41) is 3.09. The van der Waals surface area contributed by atoms with E-state index in [1.165, 1.54) is 12.3 Å². The average Bonchev–Trinajstić information content (AvgIpc) is 3.10. The Morgan fingerprint density at radius 3 is 2.57 bits per heavy atom. The van der Waals surface area contributed by atoms with Gasteiger partial charge in [-0.2, -0.15) is 0 Å². The van der Waals surface area contributed by atoms with Crippen LogP contribution in [0.3, 0.4) is 0 Å². The lowest BCUT2D eigenvalue weighted by atomic mass is 9.75. The van der Waals surface area contributed by atoms with Crippen molar-refractivity contribution < 1.29 is 13.2 Å². The molecule has 1 heterocycles. The third-order valence-corrected chi connectivity index (χ3v) is 5.96. The minimum atomic E-state index is -3.81. The number of halogens is 1. The molecule has 2 fully saturated rings. The lowest BCUT2D eigenvalue weighted by Crippen LogP contribution is -2.53. The van der Waals surface area contributed by atoms with E-state index < -0.39 is 9.05 Å². The van der Waals surface area contributed by atoms with Crippen LogP contribution in [0, 0.1) is 0 Å². The summed E-state index contributed by atoms with van der Waals surface area (Å²) in [5.74, 6) is -0.199. The van der Waals surface area contributed by atoms with Crippen molar-refractivity contribution in [1.29, 1.82) is 0 Å². The van der Waals surface area contributed by atoms with E-state index in [1.807, 2.05) is 0 Å². The number of nitrogens with one attached hydrogen (secondary N) is 1. The molecule has 1 aromatic heterocycles. The van der Waals surface area contributed by atoms with Gasteiger partial charge in [-0.25, -0.2) is 8.42 Å². The number of carbonyl (C=O) groups excluding carboxylic acids is 1. The van der Waals surface area contributed by atoms with Crippen LogP contribution in [-0.2, 0) is 9.05 Å². The van der Waals surface area contributed by atoms with Crippen LogP contribution in [0.4, 0.5) is 0 Å². The first kappa shape index (κ1) is 14.9. The zero-order valence-corrected chi connectivity index (χ0v) is 13.5. The van der Waals surface area contributed by atoms with Crippen molar-refractivity contribution in [1.82, 2.24) is 9.88 Å². The van der Waals surface area contributed by atoms with Crippen molar-refractivity contribution in [3.63, 3.8) is 0 Å². The fourth-order valence-electron chi connectivity index (χ4n) is 2.90. The van der Waals surface area contributed by atoms with Crippen LogP contribution in [0.1, 0.15) is 62.0 Å². The molecule has 2 aliphatic carbocycles. The summed E-state index contributed by atoms with van der Waals surface area (Å²) in [6.45, 7) is 2.06. The molecular weight excluding hydrogens is 312 g/mol. The zero-order valence-electron chi connectivity index (χ0n) is 11.9. The van der Waals surface area contributed by atoms with Crippen molar-refractivity contribution >= 4 is 25.6 Å². The Kier molecular flexibility index (Phi) is 3.56. The van der Waals surface area contributed by atoms with Gasteiger partial charge in [0.2, 0.25) is 0 Å². The van der Waals surface area contributed by atoms with E-state index in [0.29, 0.717) is 5.69 Å². The number of aromatic nitrogens is 1. The van der Waals surface area contributed by atoms with E-state index in [1.54, 1.807) is 4.57 Å². The summed E-state index contributed by atoms with van der Waals surface area (Å²) in [5.41, 5.74) is 0.284. The van der Waals surface area contributed by atoms with Gasteiger partial charge in [0.05, 0.1) is 0 Å². The lowest BCUT2D eigenvalue weighted by molar-refractivity contribution is 0.0810. The van der Waals surface area contributed by atoms with Crippen molar-refractivity contribution in [3.8, 4) is 0 Å². The van der Waals surface area contributed by atoms with Crippen LogP contribution in [0.15, 0.2) is 17.2 Å². The van der Waals surface area contributed by atoms with Gasteiger partial charge < -0.3 is 9.88 Å². The van der Waals surface area contributed by atoms with E-state index >= 15 is 0 Å². The van der Waals surface area contributed by atoms with E-state index in [-0.39, 0.29) is 22.4 Å². The van der Waals surface area contributed by atoms with Crippen molar-refractivity contribution in [2.75, 3.05) is 0 Å². The molecule has 0 spiro atoms. The van der Waals surface area contributed by atoms with Gasteiger partial charge >= 0.3 is 0 Å². The molecule has 1 amide bonds. The maximum atomic E-state index is 12.5. The fraction of sp³-hybridized carbons (Fsp3) is 0.643. The SMILES string of the molecule is CCC1(NC(=O)c2cc(S(=O)(=O)Cl)cn2C2CC2)CCC1. The molecule has 0 aliphatic heterocycles. The number of hydrogen-bond donors (Lipinski definition) is 1. The van der Waals surface area contributed by atoms with Crippen molar-refractivity contribution in [2.45, 2.75) is 61.9 Å². The Morgan fingerprint density at radius 2 is 2.14 bits per heavy atom. The van der Waals surface area contributed by atoms with Crippen LogP contribution >= 0.6 is 10.7 Å². The number of hydrogen-bond acceptors (Lipinski definition) is 3. The van der Waals surface area contributed by atoms with Gasteiger partial charge in [-0.15, -0.1) is 0 Å². The highest BCUT2D eigenvalue weighted by Gasteiger charge is 2.38. The minimum absolute atomic E-state index is 0.000347. The standard InChI is InChI=1S/C14H19ClN2O3S/c1-2-14(6-3-7-14)16-13(18)12-8-11(21(15,19)20)9-17(12)10-4-5-10/h8-10H,2-7H2,1H3,(H,16,18). The summed E-state index contributed by atoms with van der Waals surface area (Å²) in [7, 11) is 1.59. The Labute approximate surface area is 129 Å². The molecule has 2 saturated carbocycles. The highest BCUT2D eigenvalue weighted by Crippen LogP contribution is 2.39. The molecule has 0 atom stereocenters. The van der Waals surface area contributed by atoms with Crippen molar-refractivity contribution in [2.24, 2.45) is 0 Å². The molecule has 0 bridgehead atoms. The maximum Gasteiger partial charge on any atom is 0.268 e. The van der Waals surface area contributed by atoms with Gasteiger partial charge in [-0.05, 0) is 44.6 Å². The summed E-state index contributed by atoms with van der Waals surface area (Å²) in [6, 6.07) is 1.61. The Hall–Kier alpha value is -1.01. The first-order chi connectivity index (χ1) is 9.85. The topological polar surface area (TPSA) is 68.2 Å². The van der Waals surface area contributed by atoms with Gasteiger partial charge in [0.15, 0.2) is 0 Å². The second-order valence-electron chi connectivity index (χ2n) is 6.08. The van der Waals surface area contributed by atoms with Gasteiger partial charge in [-0.1, -0.05) is 6.92 Å². The van der Waals surface area contributed by atoms with Crippen molar-refractivity contribution in [3.05, 3.63) is 18.0 Å². The number of amides is 1. The molecule has 0 unspecified atom stereocenters. The number of rotatable bonds is 5. The number of carbonyl (C=O) groups is 1. The third-order valence-electron chi connectivity index (χ3n) is 4.64. The minimum Gasteiger partial charge on any atom is -0.345 e. The monoisotopic (exact) mass is 330 g/mol. The molecule has 5 nitrogen and oxygen atoms in total. The first-order valence-electron chi connectivity index (χ1n) is 7.34. The second-order valence-corrected chi connectivity index (χ2v) is 8.64. The van der Waals surface area contributed by atoms with Crippen LogP contribution < -0.4 is 5.32 Å². The third kappa shape index (κ3) is 2.83. The Morgan fingerprint density at radius 1 is 1.48 bits per heavy atom. The second kappa shape index (κ2) is 5.02. The smallest absolute Gasteiger partial charge is 0.268 e. The molecule has 0 radical (unpaired) electrons. The molecule has 2 aliphatic rings. The summed E-state index contributed by atoms with van der Waals surface area (Å²) >= 11 is 0. The highest BCUT2D eigenvalue weighted by atomic mass is 35.7. The van der Waals surface area contributed by atoms with Gasteiger partial charge in [0.1, 0.15) is 10.6 Å². The zero-order chi connectivity index (χ0) is 15.3. The molecule has 7 heteroatoms. The predicted molar refractivity (Wildman–Crippen MR) is 80.1 cm³/mol. The van der Waals surface area contributed by atoms with E-state index in [0.717, 1.165) is 38.5 Å². The lowest BCUT2D eigenvalue weighted by Gasteiger charge is -2.42. The normalized spacial score (nSPS) is 20.9. The number of nitrogens with zero attached hydrogens (tertiary/aromatic N) is 1. The van der Waals surface area contributed by atoms with Crippen LogP contribution in [-0.4, -0.2) is 24.4 Å². The van der Waals surface area contributed by atoms with Gasteiger partial charge in [0, 0.05) is 28.5 Å². The van der Waals surface area contributed by atoms with E-state index in [4.69, 9.17) is 10.7 Å². The maximum absolute atomic E-state index is 12.5. The van der Waals surface area contributed by atoms with E-state index in [2.05, 4.69) is 12.2 Å². The first-order valence-corrected chi connectivity index (χ1v) is 9.65. The molecule has 3 rings (SSSR count).